The van der Waals surface area contributed by atoms with E-state index in [-0.39, 0.29) is 0 Å². The molecule has 6 nitrogen and oxygen atoms in total. The highest BCUT2D eigenvalue weighted by Gasteiger charge is 2.18. The van der Waals surface area contributed by atoms with Gasteiger partial charge in [-0.3, -0.25) is 10.00 Å². The Bertz CT molecular complexity index is 862. The summed E-state index contributed by atoms with van der Waals surface area (Å²) in [4.78, 5) is 8.97. The Morgan fingerprint density at radius 3 is 2.67 bits per heavy atom. The van der Waals surface area contributed by atoms with Crippen molar-refractivity contribution in [1.82, 2.24) is 20.1 Å². The van der Waals surface area contributed by atoms with Crippen LogP contribution in [-0.2, 0) is 13.2 Å². The van der Waals surface area contributed by atoms with Crippen LogP contribution in [0.1, 0.15) is 11.4 Å². The SMILES string of the molecule is Clc1ccccc1COc1cccc(N2CCN(Cc3ncn[nH]3)CC2)c1. The maximum Gasteiger partial charge on any atom is 0.138 e. The zero-order valence-electron chi connectivity index (χ0n) is 15.0. The number of aromatic amines is 1. The molecule has 1 aromatic heterocycles. The van der Waals surface area contributed by atoms with E-state index in [4.69, 9.17) is 16.3 Å². The molecule has 0 saturated carbocycles. The average molecular weight is 384 g/mol. The normalized spacial score (nSPS) is 15.1. The van der Waals surface area contributed by atoms with Crippen molar-refractivity contribution >= 4 is 17.3 Å². The summed E-state index contributed by atoms with van der Waals surface area (Å²) >= 11 is 6.20. The van der Waals surface area contributed by atoms with E-state index in [1.807, 2.05) is 36.4 Å². The Balaban J connectivity index is 1.33. The van der Waals surface area contributed by atoms with Crippen LogP contribution in [0, 0.1) is 0 Å². The van der Waals surface area contributed by atoms with Crippen molar-refractivity contribution in [2.75, 3.05) is 31.1 Å². The lowest BCUT2D eigenvalue weighted by Crippen LogP contribution is -2.46. The molecule has 0 spiro atoms. The molecule has 0 amide bonds. The number of benzene rings is 2. The van der Waals surface area contributed by atoms with Crippen LogP contribution in [0.3, 0.4) is 0 Å². The van der Waals surface area contributed by atoms with Gasteiger partial charge in [0.2, 0.25) is 0 Å². The number of hydrogen-bond donors (Lipinski definition) is 1. The van der Waals surface area contributed by atoms with E-state index < -0.39 is 0 Å². The summed E-state index contributed by atoms with van der Waals surface area (Å²) in [5.74, 6) is 1.77. The van der Waals surface area contributed by atoms with Gasteiger partial charge in [-0.1, -0.05) is 35.9 Å². The van der Waals surface area contributed by atoms with E-state index >= 15 is 0 Å². The second kappa shape index (κ2) is 8.41. The van der Waals surface area contributed by atoms with Gasteiger partial charge in [-0.2, -0.15) is 5.10 Å². The summed E-state index contributed by atoms with van der Waals surface area (Å²) in [5.41, 5.74) is 2.18. The Morgan fingerprint density at radius 2 is 1.89 bits per heavy atom. The monoisotopic (exact) mass is 383 g/mol. The lowest BCUT2D eigenvalue weighted by Gasteiger charge is -2.35. The van der Waals surface area contributed by atoms with Crippen molar-refractivity contribution in [2.24, 2.45) is 0 Å². The highest BCUT2D eigenvalue weighted by atomic mass is 35.5. The van der Waals surface area contributed by atoms with E-state index in [0.29, 0.717) is 6.61 Å². The number of H-pyrrole nitrogens is 1. The molecule has 0 radical (unpaired) electrons. The van der Waals surface area contributed by atoms with Crippen molar-refractivity contribution in [3.8, 4) is 5.75 Å². The lowest BCUT2D eigenvalue weighted by atomic mass is 10.2. The Hall–Kier alpha value is -2.57. The molecule has 27 heavy (non-hydrogen) atoms. The molecule has 0 aliphatic carbocycles. The van der Waals surface area contributed by atoms with Gasteiger partial charge in [0.05, 0.1) is 6.54 Å². The molecule has 1 N–H and O–H groups in total. The van der Waals surface area contributed by atoms with Gasteiger partial charge in [-0.25, -0.2) is 4.98 Å². The zero-order chi connectivity index (χ0) is 18.5. The van der Waals surface area contributed by atoms with Crippen molar-refractivity contribution in [3.63, 3.8) is 0 Å². The number of nitrogens with one attached hydrogen (secondary N) is 1. The number of hydrogen-bond acceptors (Lipinski definition) is 5. The summed E-state index contributed by atoms with van der Waals surface area (Å²) in [5, 5.41) is 7.57. The molecule has 0 atom stereocenters. The number of halogens is 1. The van der Waals surface area contributed by atoms with Gasteiger partial charge in [0.25, 0.3) is 0 Å². The molecule has 140 valence electrons. The van der Waals surface area contributed by atoms with Gasteiger partial charge in [-0.05, 0) is 18.2 Å². The zero-order valence-corrected chi connectivity index (χ0v) is 15.8. The maximum absolute atomic E-state index is 6.20. The highest BCUT2D eigenvalue weighted by molar-refractivity contribution is 6.31. The van der Waals surface area contributed by atoms with Crippen molar-refractivity contribution < 1.29 is 4.74 Å². The van der Waals surface area contributed by atoms with Gasteiger partial charge in [0.15, 0.2) is 0 Å². The standard InChI is InChI=1S/C20H22ClN5O/c21-19-7-2-1-4-16(19)14-27-18-6-3-5-17(12-18)26-10-8-25(9-11-26)13-20-22-15-23-24-20/h1-7,12,15H,8-11,13-14H2,(H,22,23,24). The van der Waals surface area contributed by atoms with Gasteiger partial charge < -0.3 is 9.64 Å². The largest absolute Gasteiger partial charge is 0.489 e. The van der Waals surface area contributed by atoms with E-state index in [2.05, 4.69) is 37.1 Å². The Kier molecular flexibility index (Phi) is 5.55. The van der Waals surface area contributed by atoms with Gasteiger partial charge >= 0.3 is 0 Å². The molecule has 3 aromatic rings. The predicted molar refractivity (Wildman–Crippen MR) is 106 cm³/mol. The number of rotatable bonds is 6. The molecule has 0 unspecified atom stereocenters. The van der Waals surface area contributed by atoms with Crippen LogP contribution < -0.4 is 9.64 Å². The lowest BCUT2D eigenvalue weighted by molar-refractivity contribution is 0.244. The number of piperazine rings is 1. The quantitative estimate of drug-likeness (QED) is 0.707. The van der Waals surface area contributed by atoms with Crippen molar-refractivity contribution in [1.29, 1.82) is 0 Å². The number of ether oxygens (including phenoxy) is 1. The topological polar surface area (TPSA) is 57.3 Å². The van der Waals surface area contributed by atoms with Crippen LogP contribution >= 0.6 is 11.6 Å². The predicted octanol–water partition coefficient (Wildman–Crippen LogP) is 3.36. The first kappa shape index (κ1) is 17.8. The molecule has 1 fully saturated rings. The fraction of sp³-hybridized carbons (Fsp3) is 0.300. The summed E-state index contributed by atoms with van der Waals surface area (Å²) in [7, 11) is 0. The molecule has 7 heteroatoms. The van der Waals surface area contributed by atoms with Crippen molar-refractivity contribution in [2.45, 2.75) is 13.2 Å². The van der Waals surface area contributed by atoms with Crippen LogP contribution in [0.4, 0.5) is 5.69 Å². The van der Waals surface area contributed by atoms with E-state index in [0.717, 1.165) is 54.9 Å². The number of anilines is 1. The first-order valence-electron chi connectivity index (χ1n) is 9.06. The van der Waals surface area contributed by atoms with Gasteiger partial charge in [-0.15, -0.1) is 0 Å². The van der Waals surface area contributed by atoms with E-state index in [1.54, 1.807) is 6.33 Å². The second-order valence-electron chi connectivity index (χ2n) is 6.57. The number of nitrogens with zero attached hydrogens (tertiary/aromatic N) is 4. The van der Waals surface area contributed by atoms with Crippen molar-refractivity contribution in [3.05, 3.63) is 71.3 Å². The summed E-state index contributed by atoms with van der Waals surface area (Å²) in [6.07, 6.45) is 1.56. The molecule has 2 heterocycles. The molecular weight excluding hydrogens is 362 g/mol. The molecule has 0 bridgehead atoms. The molecule has 4 rings (SSSR count). The van der Waals surface area contributed by atoms with Crippen LogP contribution in [0.25, 0.3) is 0 Å². The summed E-state index contributed by atoms with van der Waals surface area (Å²) in [6.45, 7) is 5.21. The van der Waals surface area contributed by atoms with Crippen LogP contribution in [0.2, 0.25) is 5.02 Å². The Labute approximate surface area is 163 Å². The Morgan fingerprint density at radius 1 is 1.04 bits per heavy atom. The minimum atomic E-state index is 0.466. The van der Waals surface area contributed by atoms with Gasteiger partial charge in [0.1, 0.15) is 24.5 Å². The summed E-state index contributed by atoms with van der Waals surface area (Å²) in [6, 6.07) is 16.0. The second-order valence-corrected chi connectivity index (χ2v) is 6.98. The molecule has 1 aliphatic heterocycles. The molecular formula is C20H22ClN5O. The fourth-order valence-electron chi connectivity index (χ4n) is 3.23. The summed E-state index contributed by atoms with van der Waals surface area (Å²) < 4.78 is 5.95. The van der Waals surface area contributed by atoms with Crippen LogP contribution in [0.15, 0.2) is 54.9 Å². The third-order valence-corrected chi connectivity index (χ3v) is 5.11. The molecule has 2 aromatic carbocycles. The molecule has 1 saturated heterocycles. The number of aromatic nitrogens is 3. The van der Waals surface area contributed by atoms with Crippen LogP contribution in [0.5, 0.6) is 5.75 Å². The molecule has 1 aliphatic rings. The third-order valence-electron chi connectivity index (χ3n) is 4.75. The van der Waals surface area contributed by atoms with Gasteiger partial charge in [0, 0.05) is 48.5 Å². The smallest absolute Gasteiger partial charge is 0.138 e. The minimum absolute atomic E-state index is 0.466. The van der Waals surface area contributed by atoms with Crippen LogP contribution in [-0.4, -0.2) is 46.3 Å². The fourth-order valence-corrected chi connectivity index (χ4v) is 3.42. The highest BCUT2D eigenvalue weighted by Crippen LogP contribution is 2.24. The third kappa shape index (κ3) is 4.59. The average Bonchev–Trinajstić information content (AvgIpc) is 3.21. The van der Waals surface area contributed by atoms with E-state index in [9.17, 15) is 0 Å². The first-order chi connectivity index (χ1) is 13.3. The minimum Gasteiger partial charge on any atom is -0.489 e. The van der Waals surface area contributed by atoms with E-state index in [1.165, 1.54) is 5.69 Å². The first-order valence-corrected chi connectivity index (χ1v) is 9.43. The maximum atomic E-state index is 6.20.